The third-order valence-corrected chi connectivity index (χ3v) is 5.40. The maximum Gasteiger partial charge on any atom is 0.271 e. The Morgan fingerprint density at radius 3 is 2.50 bits per heavy atom. The minimum atomic E-state index is -0.219. The average Bonchev–Trinajstić information content (AvgIpc) is 2.91. The molecule has 0 unspecified atom stereocenters. The van der Waals surface area contributed by atoms with Crippen LogP contribution >= 0.6 is 0 Å². The Morgan fingerprint density at radius 2 is 1.71 bits per heavy atom. The molecule has 0 spiro atoms. The number of likely N-dealkylation sites (N-methyl/N-ethyl adjacent to an activating group) is 1. The van der Waals surface area contributed by atoms with Crippen LogP contribution in [0.15, 0.2) is 83.6 Å². The highest BCUT2D eigenvalue weighted by atomic mass is 16.2. The van der Waals surface area contributed by atoms with Crippen molar-refractivity contribution < 1.29 is 4.79 Å². The first-order valence-electron chi connectivity index (χ1n) is 9.35. The third-order valence-electron chi connectivity index (χ3n) is 5.40. The predicted octanol–water partition coefficient (Wildman–Crippen LogP) is 4.87. The molecule has 0 aromatic heterocycles. The first-order valence-corrected chi connectivity index (χ1v) is 9.35. The van der Waals surface area contributed by atoms with Crippen LogP contribution in [-0.2, 0) is 5.41 Å². The van der Waals surface area contributed by atoms with Crippen molar-refractivity contribution in [2.75, 3.05) is 11.9 Å². The van der Waals surface area contributed by atoms with Gasteiger partial charge in [-0.3, -0.25) is 4.79 Å². The summed E-state index contributed by atoms with van der Waals surface area (Å²) < 4.78 is 0. The quantitative estimate of drug-likeness (QED) is 0.529. The number of nitrogens with zero attached hydrogens (tertiary/aromatic N) is 2. The van der Waals surface area contributed by atoms with E-state index >= 15 is 0 Å². The molecule has 0 aliphatic carbocycles. The maximum atomic E-state index is 12.1. The molecule has 0 radical (unpaired) electrons. The largest absolute Gasteiger partial charge is 0.347 e. The molecule has 0 bridgehead atoms. The van der Waals surface area contributed by atoms with Gasteiger partial charge in [0.1, 0.15) is 0 Å². The Morgan fingerprint density at radius 1 is 1.00 bits per heavy atom. The molecular weight excluding hydrogens is 346 g/mol. The normalized spacial score (nSPS) is 16.7. The van der Waals surface area contributed by atoms with Gasteiger partial charge in [0.15, 0.2) is 0 Å². The summed E-state index contributed by atoms with van der Waals surface area (Å²) in [6, 6.07) is 21.9. The number of carbonyl (C=O) groups is 1. The van der Waals surface area contributed by atoms with Gasteiger partial charge in [-0.1, -0.05) is 62.4 Å². The highest BCUT2D eigenvalue weighted by Crippen LogP contribution is 2.49. The van der Waals surface area contributed by atoms with Crippen molar-refractivity contribution in [1.82, 2.24) is 5.43 Å². The Labute approximate surface area is 165 Å². The van der Waals surface area contributed by atoms with E-state index in [4.69, 9.17) is 0 Å². The molecule has 1 aliphatic rings. The number of anilines is 1. The van der Waals surface area contributed by atoms with E-state index in [2.05, 4.69) is 72.7 Å². The third kappa shape index (κ3) is 2.97. The molecule has 1 aliphatic heterocycles. The number of amides is 1. The van der Waals surface area contributed by atoms with Crippen molar-refractivity contribution in [2.24, 2.45) is 5.10 Å². The lowest BCUT2D eigenvalue weighted by Crippen LogP contribution is -2.23. The molecule has 4 heteroatoms. The minimum absolute atomic E-state index is 0.166. The molecule has 3 aromatic rings. The molecule has 1 N–H and O–H groups in total. The lowest BCUT2D eigenvalue weighted by atomic mass is 9.81. The van der Waals surface area contributed by atoms with Gasteiger partial charge in [0.05, 0.1) is 0 Å². The summed E-state index contributed by atoms with van der Waals surface area (Å²) in [6.45, 7) is 4.45. The van der Waals surface area contributed by atoms with Crippen molar-refractivity contribution in [3.05, 3.63) is 89.6 Å². The summed E-state index contributed by atoms with van der Waals surface area (Å²) in [5.74, 6) is -0.219. The fourth-order valence-electron chi connectivity index (χ4n) is 4.05. The van der Waals surface area contributed by atoms with Gasteiger partial charge in [-0.15, -0.1) is 0 Å². The van der Waals surface area contributed by atoms with Crippen LogP contribution in [-0.4, -0.2) is 19.2 Å². The highest BCUT2D eigenvalue weighted by Gasteiger charge is 2.39. The second-order valence-electron chi connectivity index (χ2n) is 7.50. The second kappa shape index (κ2) is 6.97. The zero-order valence-corrected chi connectivity index (χ0v) is 16.3. The van der Waals surface area contributed by atoms with Crippen molar-refractivity contribution in [3.8, 4) is 0 Å². The number of fused-ring (bicyclic) bond motifs is 3. The number of rotatable bonds is 3. The van der Waals surface area contributed by atoms with Crippen LogP contribution in [0, 0.1) is 0 Å². The molecule has 1 heterocycles. The van der Waals surface area contributed by atoms with Gasteiger partial charge in [0.2, 0.25) is 0 Å². The molecule has 140 valence electrons. The smallest absolute Gasteiger partial charge is 0.271 e. The van der Waals surface area contributed by atoms with Gasteiger partial charge < -0.3 is 4.90 Å². The lowest BCUT2D eigenvalue weighted by molar-refractivity contribution is 0.0955. The Kier molecular flexibility index (Phi) is 4.47. The fourth-order valence-corrected chi connectivity index (χ4v) is 4.05. The number of allylic oxidation sites excluding steroid dienone is 2. The Balaban J connectivity index is 1.61. The zero-order chi connectivity index (χ0) is 19.7. The number of benzene rings is 3. The van der Waals surface area contributed by atoms with E-state index in [9.17, 15) is 4.79 Å². The van der Waals surface area contributed by atoms with Crippen LogP contribution in [0.25, 0.3) is 10.8 Å². The van der Waals surface area contributed by atoms with Crippen LogP contribution in [0.1, 0.15) is 29.8 Å². The molecule has 0 saturated carbocycles. The minimum Gasteiger partial charge on any atom is -0.347 e. The Hall–Kier alpha value is -3.40. The number of nitrogens with one attached hydrogen (secondary N) is 1. The Bertz CT molecular complexity index is 1100. The van der Waals surface area contributed by atoms with E-state index in [1.54, 1.807) is 18.3 Å². The first-order chi connectivity index (χ1) is 13.5. The van der Waals surface area contributed by atoms with Crippen molar-refractivity contribution >= 4 is 28.6 Å². The summed E-state index contributed by atoms with van der Waals surface area (Å²) in [5, 5.41) is 6.62. The highest BCUT2D eigenvalue weighted by molar-refractivity contribution is 5.96. The number of hydrogen-bond donors (Lipinski definition) is 1. The molecule has 28 heavy (non-hydrogen) atoms. The van der Waals surface area contributed by atoms with Crippen LogP contribution in [0.4, 0.5) is 5.69 Å². The summed E-state index contributed by atoms with van der Waals surface area (Å²) in [7, 11) is 2.07. The molecule has 4 nitrogen and oxygen atoms in total. The summed E-state index contributed by atoms with van der Waals surface area (Å²) in [6.07, 6.45) is 3.63. The van der Waals surface area contributed by atoms with Crippen LogP contribution < -0.4 is 10.3 Å². The van der Waals surface area contributed by atoms with Crippen molar-refractivity contribution in [1.29, 1.82) is 0 Å². The van der Waals surface area contributed by atoms with Gasteiger partial charge in [-0.2, -0.15) is 5.10 Å². The fraction of sp³-hybridized carbons (Fsp3) is 0.167. The first kappa shape index (κ1) is 18.0. The molecule has 4 rings (SSSR count). The van der Waals surface area contributed by atoms with Gasteiger partial charge >= 0.3 is 0 Å². The van der Waals surface area contributed by atoms with E-state index < -0.39 is 0 Å². The van der Waals surface area contributed by atoms with Crippen LogP contribution in [0.5, 0.6) is 0 Å². The van der Waals surface area contributed by atoms with Crippen molar-refractivity contribution in [2.45, 2.75) is 19.3 Å². The van der Waals surface area contributed by atoms with E-state index in [-0.39, 0.29) is 11.3 Å². The number of hydrogen-bond acceptors (Lipinski definition) is 3. The molecule has 3 aromatic carbocycles. The van der Waals surface area contributed by atoms with E-state index in [1.165, 1.54) is 22.0 Å². The summed E-state index contributed by atoms with van der Waals surface area (Å²) in [5.41, 5.74) is 6.67. The zero-order valence-electron chi connectivity index (χ0n) is 16.3. The summed E-state index contributed by atoms with van der Waals surface area (Å²) >= 11 is 0. The lowest BCUT2D eigenvalue weighted by Gasteiger charge is -2.24. The predicted molar refractivity (Wildman–Crippen MR) is 116 cm³/mol. The molecule has 1 amide bonds. The van der Waals surface area contributed by atoms with Gasteiger partial charge in [0.25, 0.3) is 5.91 Å². The van der Waals surface area contributed by atoms with E-state index in [0.717, 1.165) is 5.70 Å². The topological polar surface area (TPSA) is 44.7 Å². The number of carbonyl (C=O) groups excluding carboxylic acids is 1. The SMILES string of the molecule is CN1/C(=C\C=N\NC(=O)c2ccccc2)C(C)(C)c2c1ccc1ccccc21. The van der Waals surface area contributed by atoms with Crippen molar-refractivity contribution in [3.63, 3.8) is 0 Å². The molecule has 0 fully saturated rings. The molecule has 0 atom stereocenters. The monoisotopic (exact) mass is 369 g/mol. The van der Waals surface area contributed by atoms with Crippen LogP contribution in [0.3, 0.4) is 0 Å². The maximum absolute atomic E-state index is 12.1. The van der Waals surface area contributed by atoms with E-state index in [0.29, 0.717) is 5.56 Å². The van der Waals surface area contributed by atoms with Gasteiger partial charge in [0, 0.05) is 35.6 Å². The molecule has 0 saturated heterocycles. The van der Waals surface area contributed by atoms with E-state index in [1.807, 2.05) is 24.3 Å². The van der Waals surface area contributed by atoms with Gasteiger partial charge in [-0.05, 0) is 40.6 Å². The van der Waals surface area contributed by atoms with Gasteiger partial charge in [-0.25, -0.2) is 5.43 Å². The average molecular weight is 369 g/mol. The standard InChI is InChI=1S/C24H23N3O/c1-24(2)21(15-16-25-26-23(28)18-10-5-4-6-11-18)27(3)20-14-13-17-9-7-8-12-19(17)22(20)24/h4-16H,1-3H3,(H,26,28)/b21-15-,25-16+. The molecular formula is C24H23N3O. The summed E-state index contributed by atoms with van der Waals surface area (Å²) in [4.78, 5) is 14.3. The number of hydrazone groups is 1. The van der Waals surface area contributed by atoms with Crippen LogP contribution in [0.2, 0.25) is 0 Å². The second-order valence-corrected chi connectivity index (χ2v) is 7.50.